The Balaban J connectivity index is 1.61. The maximum Gasteiger partial charge on any atom is 0.309 e. The molecule has 1 heterocycles. The number of aliphatic hydroxyl groups excluding tert-OH is 1. The monoisotopic (exact) mass is 334 g/mol. The van der Waals surface area contributed by atoms with Gasteiger partial charge in [0.1, 0.15) is 0 Å². The molecule has 4 aliphatic carbocycles. The first-order chi connectivity index (χ1) is 11.2. The van der Waals surface area contributed by atoms with E-state index in [1.807, 2.05) is 6.92 Å². The molecule has 2 unspecified atom stereocenters. The quantitative estimate of drug-likeness (QED) is 0.773. The molecule has 4 saturated carbocycles. The first kappa shape index (κ1) is 15.6. The van der Waals surface area contributed by atoms with Gasteiger partial charge in [-0.05, 0) is 69.6 Å². The zero-order valence-electron chi connectivity index (χ0n) is 15.0. The molecule has 1 aliphatic heterocycles. The van der Waals surface area contributed by atoms with Crippen molar-refractivity contribution in [2.24, 2.45) is 34.0 Å². The van der Waals surface area contributed by atoms with Crippen molar-refractivity contribution in [1.29, 1.82) is 0 Å². The van der Waals surface area contributed by atoms with Crippen molar-refractivity contribution in [2.45, 2.75) is 83.5 Å². The van der Waals surface area contributed by atoms with E-state index in [4.69, 9.17) is 4.74 Å². The molecule has 5 aliphatic rings. The normalized spacial score (nSPS) is 63.9. The lowest BCUT2D eigenvalue weighted by Crippen LogP contribution is -2.64. The van der Waals surface area contributed by atoms with Crippen molar-refractivity contribution in [3.63, 3.8) is 0 Å². The van der Waals surface area contributed by atoms with Crippen LogP contribution in [0.4, 0.5) is 0 Å². The minimum atomic E-state index is -0.696. The molecule has 1 spiro atoms. The second-order valence-corrected chi connectivity index (χ2v) is 10.4. The van der Waals surface area contributed by atoms with Crippen molar-refractivity contribution in [2.75, 3.05) is 0 Å². The van der Waals surface area contributed by atoms with Crippen LogP contribution in [0.15, 0.2) is 0 Å². The molecule has 134 valence electrons. The molecule has 1 saturated heterocycles. The lowest BCUT2D eigenvalue weighted by Gasteiger charge is -2.65. The van der Waals surface area contributed by atoms with E-state index in [1.165, 1.54) is 0 Å². The Labute approximate surface area is 144 Å². The van der Waals surface area contributed by atoms with E-state index in [1.54, 1.807) is 0 Å². The van der Waals surface area contributed by atoms with Crippen molar-refractivity contribution in [3.8, 4) is 0 Å². The molecule has 24 heavy (non-hydrogen) atoms. The Morgan fingerprint density at radius 1 is 1.12 bits per heavy atom. The Morgan fingerprint density at radius 3 is 2.58 bits per heavy atom. The number of aliphatic carboxylic acids is 1. The lowest BCUT2D eigenvalue weighted by molar-refractivity contribution is -0.256. The summed E-state index contributed by atoms with van der Waals surface area (Å²) in [4.78, 5) is 12.1. The first-order valence-corrected chi connectivity index (χ1v) is 9.75. The summed E-state index contributed by atoms with van der Waals surface area (Å²) in [6.45, 7) is 6.50. The predicted octanol–water partition coefficient (Wildman–Crippen LogP) is 3.22. The van der Waals surface area contributed by atoms with Gasteiger partial charge in [-0.15, -0.1) is 0 Å². The fourth-order valence-electron chi connectivity index (χ4n) is 8.42. The fourth-order valence-corrected chi connectivity index (χ4v) is 8.42. The molecule has 2 N–H and O–H groups in total. The number of hydrogen-bond acceptors (Lipinski definition) is 3. The van der Waals surface area contributed by atoms with E-state index in [2.05, 4.69) is 13.8 Å². The third-order valence-corrected chi connectivity index (χ3v) is 9.48. The summed E-state index contributed by atoms with van der Waals surface area (Å²) in [5, 5.41) is 21.2. The standard InChI is InChI=1S/C20H30O4/c1-17-5-4-6-18(2,16(22)23)13(17)8-15(21)20-9-11-12(7-14(17)20)24-19(11,3)10-20/h11-15,21H,4-10H2,1-3H3,(H,22,23)/t11-,12?,13-,14-,15-,17+,18+,19?,20+/m0/s1. The Morgan fingerprint density at radius 2 is 1.88 bits per heavy atom. The molecule has 0 radical (unpaired) electrons. The molecule has 4 heteroatoms. The molecular formula is C20H30O4. The van der Waals surface area contributed by atoms with Gasteiger partial charge in [-0.25, -0.2) is 0 Å². The molecule has 0 aromatic heterocycles. The van der Waals surface area contributed by atoms with E-state index in [9.17, 15) is 15.0 Å². The average Bonchev–Trinajstić information content (AvgIpc) is 2.61. The molecule has 5 fully saturated rings. The summed E-state index contributed by atoms with van der Waals surface area (Å²) < 4.78 is 6.27. The van der Waals surface area contributed by atoms with Crippen LogP contribution in [0.5, 0.6) is 0 Å². The summed E-state index contributed by atoms with van der Waals surface area (Å²) in [5.74, 6) is 0.416. The van der Waals surface area contributed by atoms with Gasteiger partial charge in [-0.3, -0.25) is 4.79 Å². The molecule has 0 amide bonds. The third-order valence-electron chi connectivity index (χ3n) is 9.48. The summed E-state index contributed by atoms with van der Waals surface area (Å²) in [6.07, 6.45) is 6.56. The summed E-state index contributed by atoms with van der Waals surface area (Å²) in [5.41, 5.74) is -0.742. The number of hydrogen-bond donors (Lipinski definition) is 2. The number of fused-ring (bicyclic) bond motifs is 2. The van der Waals surface area contributed by atoms with Crippen LogP contribution in [0.3, 0.4) is 0 Å². The molecule has 5 rings (SSSR count). The van der Waals surface area contributed by atoms with Gasteiger partial charge < -0.3 is 14.9 Å². The second kappa shape index (κ2) is 4.20. The van der Waals surface area contributed by atoms with E-state index >= 15 is 0 Å². The second-order valence-electron chi connectivity index (χ2n) is 10.4. The fraction of sp³-hybridized carbons (Fsp3) is 0.950. The largest absolute Gasteiger partial charge is 0.481 e. The minimum Gasteiger partial charge on any atom is -0.481 e. The molecular weight excluding hydrogens is 304 g/mol. The van der Waals surface area contributed by atoms with Crippen LogP contribution >= 0.6 is 0 Å². The van der Waals surface area contributed by atoms with Gasteiger partial charge >= 0.3 is 5.97 Å². The van der Waals surface area contributed by atoms with Crippen LogP contribution in [0.25, 0.3) is 0 Å². The number of aliphatic hydroxyl groups is 1. The first-order valence-electron chi connectivity index (χ1n) is 9.75. The van der Waals surface area contributed by atoms with Gasteiger partial charge in [0.15, 0.2) is 0 Å². The van der Waals surface area contributed by atoms with Crippen LogP contribution < -0.4 is 0 Å². The lowest BCUT2D eigenvalue weighted by atomic mass is 9.40. The summed E-state index contributed by atoms with van der Waals surface area (Å²) in [6, 6.07) is 0. The van der Waals surface area contributed by atoms with Crippen molar-refractivity contribution in [3.05, 3.63) is 0 Å². The van der Waals surface area contributed by atoms with Gasteiger partial charge in [0.2, 0.25) is 0 Å². The topological polar surface area (TPSA) is 66.8 Å². The Hall–Kier alpha value is -0.610. The van der Waals surface area contributed by atoms with Gasteiger partial charge in [-0.1, -0.05) is 13.3 Å². The van der Waals surface area contributed by atoms with Gasteiger partial charge in [-0.2, -0.15) is 0 Å². The van der Waals surface area contributed by atoms with Crippen molar-refractivity contribution < 1.29 is 19.7 Å². The highest BCUT2D eigenvalue weighted by atomic mass is 16.5. The number of ether oxygens (including phenoxy) is 1. The van der Waals surface area contributed by atoms with E-state index in [0.717, 1.165) is 38.5 Å². The van der Waals surface area contributed by atoms with Crippen LogP contribution in [0.2, 0.25) is 0 Å². The number of rotatable bonds is 1. The van der Waals surface area contributed by atoms with Crippen molar-refractivity contribution in [1.82, 2.24) is 0 Å². The third kappa shape index (κ3) is 1.48. The molecule has 4 nitrogen and oxygen atoms in total. The Kier molecular flexibility index (Phi) is 2.73. The van der Waals surface area contributed by atoms with E-state index in [0.29, 0.717) is 24.4 Å². The highest BCUT2D eigenvalue weighted by molar-refractivity contribution is 5.75. The van der Waals surface area contributed by atoms with Gasteiger partial charge in [0, 0.05) is 11.3 Å². The van der Waals surface area contributed by atoms with Gasteiger partial charge in [0.05, 0.1) is 23.2 Å². The summed E-state index contributed by atoms with van der Waals surface area (Å²) >= 11 is 0. The predicted molar refractivity (Wildman–Crippen MR) is 88.4 cm³/mol. The summed E-state index contributed by atoms with van der Waals surface area (Å²) in [7, 11) is 0. The minimum absolute atomic E-state index is 0.0206. The highest BCUT2D eigenvalue weighted by Crippen LogP contribution is 2.76. The smallest absolute Gasteiger partial charge is 0.309 e. The Bertz CT molecular complexity index is 619. The van der Waals surface area contributed by atoms with Crippen LogP contribution in [-0.4, -0.2) is 34.0 Å². The number of carboxylic acid groups (broad SMARTS) is 1. The zero-order chi connectivity index (χ0) is 17.1. The maximum atomic E-state index is 12.1. The van der Waals surface area contributed by atoms with Crippen LogP contribution in [0.1, 0.15) is 65.7 Å². The van der Waals surface area contributed by atoms with E-state index < -0.39 is 11.4 Å². The number of carbonyl (C=O) groups is 1. The van der Waals surface area contributed by atoms with Crippen LogP contribution in [-0.2, 0) is 9.53 Å². The average molecular weight is 334 g/mol. The zero-order valence-corrected chi connectivity index (χ0v) is 15.0. The van der Waals surface area contributed by atoms with Crippen molar-refractivity contribution >= 4 is 5.97 Å². The van der Waals surface area contributed by atoms with Gasteiger partial charge in [0.25, 0.3) is 0 Å². The highest BCUT2D eigenvalue weighted by Gasteiger charge is 2.76. The molecule has 0 aromatic rings. The van der Waals surface area contributed by atoms with E-state index in [-0.39, 0.29) is 28.5 Å². The SMILES string of the molecule is CC12C[C@]34C[C@H]1C(C[C@H]3[C@]1(C)CCC[C@@](C)(C(=O)O)[C@H]1C[C@@H]4O)O2. The molecule has 0 aromatic carbocycles. The number of carboxylic acids is 1. The molecule has 9 atom stereocenters. The van der Waals surface area contributed by atoms with Crippen LogP contribution in [0, 0.1) is 34.0 Å². The molecule has 2 bridgehead atoms. The maximum absolute atomic E-state index is 12.1.